The molecule has 0 radical (unpaired) electrons. The Hall–Kier alpha value is -2.80. The Morgan fingerprint density at radius 2 is 2.04 bits per heavy atom. The average molecular weight is 339 g/mol. The summed E-state index contributed by atoms with van der Waals surface area (Å²) in [6, 6.07) is 6.30. The largest absolute Gasteiger partial charge is 0.341 e. The van der Waals surface area contributed by atoms with Crippen molar-refractivity contribution in [1.29, 1.82) is 0 Å². The van der Waals surface area contributed by atoms with Crippen molar-refractivity contribution in [3.8, 4) is 11.3 Å². The highest BCUT2D eigenvalue weighted by molar-refractivity contribution is 5.58. The minimum absolute atomic E-state index is 0.0568. The van der Waals surface area contributed by atoms with Crippen molar-refractivity contribution in [2.45, 2.75) is 26.4 Å². The Bertz CT molecular complexity index is 960. The maximum Gasteiger partial charge on any atom is 0.255 e. The topological polar surface area (TPSA) is 77.7 Å². The Morgan fingerprint density at radius 1 is 1.24 bits per heavy atom. The molecule has 25 heavy (non-hydrogen) atoms. The number of rotatable bonds is 3. The molecule has 0 atom stereocenters. The van der Waals surface area contributed by atoms with E-state index in [-0.39, 0.29) is 11.4 Å². The monoisotopic (exact) mass is 339 g/mol. The van der Waals surface area contributed by atoms with E-state index in [4.69, 9.17) is 0 Å². The molecule has 1 aliphatic rings. The van der Waals surface area contributed by atoms with Crippen LogP contribution in [-0.2, 0) is 19.5 Å². The zero-order valence-electron chi connectivity index (χ0n) is 13.8. The summed E-state index contributed by atoms with van der Waals surface area (Å²) in [4.78, 5) is 29.2. The Labute approximate surface area is 143 Å². The van der Waals surface area contributed by atoms with Gasteiger partial charge in [0.15, 0.2) is 0 Å². The zero-order valence-corrected chi connectivity index (χ0v) is 13.8. The molecule has 6 nitrogen and oxygen atoms in total. The standard InChI is InChI=1S/C18H18FN5O/c1-11-21-15-6-7-24(9-14(15)18(25)22-11)10-17-20-8-16(23-17)12-2-4-13(19)5-3-12/h2-5,8H,6-7,9-10H2,1H3,(H,20,23)(H,21,22,25). The molecule has 128 valence electrons. The highest BCUT2D eigenvalue weighted by Crippen LogP contribution is 2.19. The molecular weight excluding hydrogens is 321 g/mol. The van der Waals surface area contributed by atoms with E-state index in [9.17, 15) is 9.18 Å². The van der Waals surface area contributed by atoms with Crippen LogP contribution in [0.1, 0.15) is 22.9 Å². The summed E-state index contributed by atoms with van der Waals surface area (Å²) in [7, 11) is 0. The van der Waals surface area contributed by atoms with Gasteiger partial charge in [0.1, 0.15) is 17.5 Å². The minimum atomic E-state index is -0.260. The van der Waals surface area contributed by atoms with Gasteiger partial charge in [0, 0.05) is 19.5 Å². The van der Waals surface area contributed by atoms with Crippen molar-refractivity contribution in [3.05, 3.63) is 69.5 Å². The van der Waals surface area contributed by atoms with Crippen LogP contribution in [0, 0.1) is 12.7 Å². The SMILES string of the molecule is Cc1nc2c(c(=O)[nH]1)CN(Cc1ncc(-c3ccc(F)cc3)[nH]1)CC2. The zero-order chi connectivity index (χ0) is 17.4. The second-order valence-electron chi connectivity index (χ2n) is 6.29. The van der Waals surface area contributed by atoms with E-state index in [0.29, 0.717) is 18.9 Å². The fourth-order valence-electron chi connectivity index (χ4n) is 3.17. The van der Waals surface area contributed by atoms with E-state index in [1.165, 1.54) is 12.1 Å². The number of nitrogens with one attached hydrogen (secondary N) is 2. The summed E-state index contributed by atoms with van der Waals surface area (Å²) >= 11 is 0. The van der Waals surface area contributed by atoms with E-state index in [1.807, 2.05) is 0 Å². The fourth-order valence-corrected chi connectivity index (χ4v) is 3.17. The first-order chi connectivity index (χ1) is 12.1. The maximum absolute atomic E-state index is 13.0. The summed E-state index contributed by atoms with van der Waals surface area (Å²) in [6.07, 6.45) is 2.50. The lowest BCUT2D eigenvalue weighted by atomic mass is 10.1. The van der Waals surface area contributed by atoms with E-state index in [0.717, 1.165) is 41.3 Å². The number of aryl methyl sites for hydroxylation is 1. The third-order valence-electron chi connectivity index (χ3n) is 4.42. The van der Waals surface area contributed by atoms with Gasteiger partial charge in [-0.05, 0) is 36.8 Å². The molecule has 3 heterocycles. The van der Waals surface area contributed by atoms with Gasteiger partial charge in [-0.25, -0.2) is 14.4 Å². The van der Waals surface area contributed by atoms with Gasteiger partial charge in [0.2, 0.25) is 0 Å². The van der Waals surface area contributed by atoms with Crippen LogP contribution >= 0.6 is 0 Å². The van der Waals surface area contributed by atoms with Crippen LogP contribution in [0.3, 0.4) is 0 Å². The molecule has 4 rings (SSSR count). The summed E-state index contributed by atoms with van der Waals surface area (Å²) in [5.74, 6) is 1.22. The van der Waals surface area contributed by atoms with E-state index in [2.05, 4.69) is 24.8 Å². The predicted octanol–water partition coefficient (Wildman–Crippen LogP) is 2.17. The van der Waals surface area contributed by atoms with Gasteiger partial charge in [0.05, 0.1) is 29.7 Å². The highest BCUT2D eigenvalue weighted by Gasteiger charge is 2.21. The van der Waals surface area contributed by atoms with Crippen LogP contribution in [0.15, 0.2) is 35.3 Å². The van der Waals surface area contributed by atoms with Gasteiger partial charge in [-0.1, -0.05) is 0 Å². The first-order valence-electron chi connectivity index (χ1n) is 8.19. The Kier molecular flexibility index (Phi) is 3.93. The molecule has 0 amide bonds. The normalized spacial score (nSPS) is 14.5. The van der Waals surface area contributed by atoms with Crippen molar-refractivity contribution in [2.75, 3.05) is 6.54 Å². The number of benzene rings is 1. The fraction of sp³-hybridized carbons (Fsp3) is 0.278. The molecule has 3 aromatic rings. The number of H-pyrrole nitrogens is 2. The molecular formula is C18H18FN5O. The molecule has 1 aliphatic heterocycles. The van der Waals surface area contributed by atoms with Crippen molar-refractivity contribution in [1.82, 2.24) is 24.8 Å². The van der Waals surface area contributed by atoms with Gasteiger partial charge in [-0.15, -0.1) is 0 Å². The smallest absolute Gasteiger partial charge is 0.255 e. The predicted molar refractivity (Wildman–Crippen MR) is 91.4 cm³/mol. The third kappa shape index (κ3) is 3.23. The quantitative estimate of drug-likeness (QED) is 0.767. The lowest BCUT2D eigenvalue weighted by Gasteiger charge is -2.26. The molecule has 0 spiro atoms. The number of hydrogen-bond donors (Lipinski definition) is 2. The number of hydrogen-bond acceptors (Lipinski definition) is 4. The Morgan fingerprint density at radius 3 is 2.84 bits per heavy atom. The van der Waals surface area contributed by atoms with Crippen molar-refractivity contribution < 1.29 is 4.39 Å². The first-order valence-corrected chi connectivity index (χ1v) is 8.19. The number of aromatic nitrogens is 4. The molecule has 7 heteroatoms. The second kappa shape index (κ2) is 6.25. The van der Waals surface area contributed by atoms with Gasteiger partial charge < -0.3 is 9.97 Å². The van der Waals surface area contributed by atoms with Crippen molar-refractivity contribution >= 4 is 0 Å². The van der Waals surface area contributed by atoms with Crippen LogP contribution in [-0.4, -0.2) is 31.4 Å². The molecule has 0 unspecified atom stereocenters. The van der Waals surface area contributed by atoms with Gasteiger partial charge in [-0.2, -0.15) is 0 Å². The molecule has 1 aromatic carbocycles. The minimum Gasteiger partial charge on any atom is -0.341 e. The van der Waals surface area contributed by atoms with Crippen molar-refractivity contribution in [2.24, 2.45) is 0 Å². The molecule has 0 saturated carbocycles. The van der Waals surface area contributed by atoms with E-state index in [1.54, 1.807) is 25.3 Å². The summed E-state index contributed by atoms with van der Waals surface area (Å²) in [5, 5.41) is 0. The van der Waals surface area contributed by atoms with Crippen LogP contribution in [0.25, 0.3) is 11.3 Å². The number of imidazole rings is 1. The lowest BCUT2D eigenvalue weighted by molar-refractivity contribution is 0.236. The second-order valence-corrected chi connectivity index (χ2v) is 6.29. The molecule has 0 aliphatic carbocycles. The molecule has 2 aromatic heterocycles. The van der Waals surface area contributed by atoms with Gasteiger partial charge >= 0.3 is 0 Å². The van der Waals surface area contributed by atoms with Crippen LogP contribution < -0.4 is 5.56 Å². The molecule has 0 bridgehead atoms. The maximum atomic E-state index is 13.0. The van der Waals surface area contributed by atoms with E-state index >= 15 is 0 Å². The lowest BCUT2D eigenvalue weighted by Crippen LogP contribution is -2.35. The number of aromatic amines is 2. The van der Waals surface area contributed by atoms with Gasteiger partial charge in [0.25, 0.3) is 5.56 Å². The van der Waals surface area contributed by atoms with Gasteiger partial charge in [-0.3, -0.25) is 9.69 Å². The highest BCUT2D eigenvalue weighted by atomic mass is 19.1. The van der Waals surface area contributed by atoms with Crippen LogP contribution in [0.5, 0.6) is 0 Å². The van der Waals surface area contributed by atoms with Crippen molar-refractivity contribution in [3.63, 3.8) is 0 Å². The average Bonchev–Trinajstić information content (AvgIpc) is 3.04. The first kappa shape index (κ1) is 15.7. The number of nitrogens with zero attached hydrogens (tertiary/aromatic N) is 3. The summed E-state index contributed by atoms with van der Waals surface area (Å²) < 4.78 is 13.0. The van der Waals surface area contributed by atoms with Crippen LogP contribution in [0.2, 0.25) is 0 Å². The molecule has 0 fully saturated rings. The number of halogens is 1. The van der Waals surface area contributed by atoms with Crippen LogP contribution in [0.4, 0.5) is 4.39 Å². The number of fused-ring (bicyclic) bond motifs is 1. The molecule has 2 N–H and O–H groups in total. The third-order valence-corrected chi connectivity index (χ3v) is 4.42. The Balaban J connectivity index is 1.50. The van der Waals surface area contributed by atoms with E-state index < -0.39 is 0 Å². The summed E-state index contributed by atoms with van der Waals surface area (Å²) in [6.45, 7) is 3.81. The molecule has 0 saturated heterocycles. The summed E-state index contributed by atoms with van der Waals surface area (Å²) in [5.41, 5.74) is 3.31.